The molecule has 0 spiro atoms. The van der Waals surface area contributed by atoms with Gasteiger partial charge in [0.25, 0.3) is 5.92 Å². The summed E-state index contributed by atoms with van der Waals surface area (Å²) >= 11 is 0. The number of carbonyl (C=O) groups excluding carboxylic acids is 1. The van der Waals surface area contributed by atoms with E-state index in [4.69, 9.17) is 0 Å². The summed E-state index contributed by atoms with van der Waals surface area (Å²) in [6, 6.07) is 1.23. The van der Waals surface area contributed by atoms with E-state index < -0.39 is 53.2 Å². The van der Waals surface area contributed by atoms with Gasteiger partial charge in [-0.1, -0.05) is 13.8 Å². The number of hydrogen-bond donors (Lipinski definition) is 0. The molecule has 0 unspecified atom stereocenters. The molecule has 0 saturated heterocycles. The number of fused-ring (bicyclic) bond motifs is 3. The van der Waals surface area contributed by atoms with E-state index in [1.165, 1.54) is 22.4 Å². The number of pyridine rings is 1. The highest BCUT2D eigenvalue weighted by Crippen LogP contribution is 2.84. The lowest BCUT2D eigenvalue weighted by Gasteiger charge is -2.72. The van der Waals surface area contributed by atoms with Crippen LogP contribution in [0.4, 0.5) is 27.6 Å². The van der Waals surface area contributed by atoms with Crippen LogP contribution in [0.15, 0.2) is 12.4 Å². The summed E-state index contributed by atoms with van der Waals surface area (Å²) in [6.45, 7) is 5.40. The van der Waals surface area contributed by atoms with Gasteiger partial charge in [-0.25, -0.2) is 18.3 Å². The highest BCUT2D eigenvalue weighted by Gasteiger charge is 2.85. The third kappa shape index (κ3) is 2.02. The Kier molecular flexibility index (Phi) is 3.16. The monoisotopic (exact) mass is 414 g/mol. The van der Waals surface area contributed by atoms with Crippen molar-refractivity contribution in [1.82, 2.24) is 14.6 Å². The molecule has 2 bridgehead atoms. The van der Waals surface area contributed by atoms with E-state index in [0.717, 1.165) is 6.33 Å². The SMILES string of the molecule is CC(=O)N1CC(C)(C)c2c1cc(C(F)(F)C13CC(C(F)(F)F)(C1)C3)c1ncnn21. The number of amides is 1. The summed E-state index contributed by atoms with van der Waals surface area (Å²) < 4.78 is 72.1. The first kappa shape index (κ1) is 18.7. The summed E-state index contributed by atoms with van der Waals surface area (Å²) in [5, 5.41) is 4.10. The Morgan fingerprint density at radius 2 is 1.72 bits per heavy atom. The fraction of sp³-hybridized carbons (Fsp3) is 0.632. The lowest BCUT2D eigenvalue weighted by molar-refractivity contribution is -0.411. The predicted octanol–water partition coefficient (Wildman–Crippen LogP) is 4.20. The standard InChI is InChI=1S/C19H19F5N4O/c1-10(29)27-8-15(2,3)13-12(27)4-11(14-25-9-26-28(13)14)18(20,21)16-5-17(6-16,7-16)19(22,23)24/h4,9H,5-8H2,1-3H3. The Morgan fingerprint density at radius 1 is 1.10 bits per heavy atom. The minimum absolute atomic E-state index is 0.0713. The zero-order valence-corrected chi connectivity index (χ0v) is 16.1. The topological polar surface area (TPSA) is 50.5 Å². The van der Waals surface area contributed by atoms with E-state index in [1.54, 1.807) is 0 Å². The van der Waals surface area contributed by atoms with Crippen LogP contribution in [0.2, 0.25) is 0 Å². The van der Waals surface area contributed by atoms with Crippen molar-refractivity contribution in [2.75, 3.05) is 11.4 Å². The van der Waals surface area contributed by atoms with Crippen molar-refractivity contribution < 1.29 is 26.7 Å². The van der Waals surface area contributed by atoms with Gasteiger partial charge in [0.1, 0.15) is 6.33 Å². The molecule has 1 aliphatic heterocycles. The van der Waals surface area contributed by atoms with Crippen LogP contribution in [-0.4, -0.2) is 33.2 Å². The maximum atomic E-state index is 15.6. The number of rotatable bonds is 2. The number of anilines is 1. The molecule has 3 saturated carbocycles. The van der Waals surface area contributed by atoms with Crippen molar-refractivity contribution in [1.29, 1.82) is 0 Å². The zero-order chi connectivity index (χ0) is 21.2. The van der Waals surface area contributed by atoms with Crippen LogP contribution in [0.1, 0.15) is 51.3 Å². The van der Waals surface area contributed by atoms with Crippen LogP contribution in [-0.2, 0) is 16.1 Å². The average Bonchev–Trinajstić information content (AvgIpc) is 3.03. The van der Waals surface area contributed by atoms with Crippen molar-refractivity contribution >= 4 is 17.2 Å². The average molecular weight is 414 g/mol. The van der Waals surface area contributed by atoms with Gasteiger partial charge < -0.3 is 4.90 Å². The Bertz CT molecular complexity index is 1050. The zero-order valence-electron chi connectivity index (χ0n) is 16.1. The highest BCUT2D eigenvalue weighted by molar-refractivity contribution is 5.95. The third-order valence-electron chi connectivity index (χ3n) is 7.03. The molecular weight excluding hydrogens is 395 g/mol. The minimum atomic E-state index is -4.47. The van der Waals surface area contributed by atoms with Crippen LogP contribution in [0.5, 0.6) is 0 Å². The van der Waals surface area contributed by atoms with Crippen LogP contribution in [0, 0.1) is 10.8 Å². The maximum absolute atomic E-state index is 15.6. The number of carbonyl (C=O) groups is 1. The molecule has 29 heavy (non-hydrogen) atoms. The number of hydrogen-bond acceptors (Lipinski definition) is 3. The van der Waals surface area contributed by atoms with Crippen molar-refractivity contribution in [3.63, 3.8) is 0 Å². The van der Waals surface area contributed by atoms with E-state index in [2.05, 4.69) is 10.1 Å². The number of alkyl halides is 5. The molecular formula is C19H19F5N4O. The quantitative estimate of drug-likeness (QED) is 0.693. The van der Waals surface area contributed by atoms with Crippen molar-refractivity contribution in [2.45, 2.75) is 57.5 Å². The molecule has 1 amide bonds. The second-order valence-electron chi connectivity index (χ2n) is 9.44. The normalized spacial score (nSPS) is 30.1. The smallest absolute Gasteiger partial charge is 0.310 e. The van der Waals surface area contributed by atoms with Crippen LogP contribution in [0.25, 0.3) is 5.65 Å². The van der Waals surface area contributed by atoms with Crippen molar-refractivity contribution in [3.8, 4) is 0 Å². The van der Waals surface area contributed by atoms with Gasteiger partial charge in [-0.05, 0) is 25.3 Å². The van der Waals surface area contributed by atoms with Crippen molar-refractivity contribution in [3.05, 3.63) is 23.7 Å². The number of aromatic nitrogens is 3. The Morgan fingerprint density at radius 3 is 2.28 bits per heavy atom. The van der Waals surface area contributed by atoms with Gasteiger partial charge in [-0.3, -0.25) is 4.79 Å². The molecule has 0 atom stereocenters. The molecule has 0 radical (unpaired) electrons. The largest absolute Gasteiger partial charge is 0.394 e. The molecule has 156 valence electrons. The molecule has 4 aliphatic rings. The second-order valence-corrected chi connectivity index (χ2v) is 9.44. The predicted molar refractivity (Wildman–Crippen MR) is 92.7 cm³/mol. The molecule has 0 N–H and O–H groups in total. The van der Waals surface area contributed by atoms with Crippen molar-refractivity contribution in [2.24, 2.45) is 10.8 Å². The van der Waals surface area contributed by atoms with Gasteiger partial charge in [-0.2, -0.15) is 18.3 Å². The minimum Gasteiger partial charge on any atom is -0.310 e. The Labute approximate surface area is 162 Å². The first-order valence-corrected chi connectivity index (χ1v) is 9.35. The molecule has 3 fully saturated rings. The molecule has 0 aromatic carbocycles. The first-order chi connectivity index (χ1) is 13.2. The lowest BCUT2D eigenvalue weighted by Crippen LogP contribution is -2.73. The maximum Gasteiger partial charge on any atom is 0.394 e. The van der Waals surface area contributed by atoms with Crippen LogP contribution < -0.4 is 4.90 Å². The second kappa shape index (κ2) is 4.89. The summed E-state index contributed by atoms with van der Waals surface area (Å²) in [5.74, 6) is -3.81. The Balaban J connectivity index is 1.66. The highest BCUT2D eigenvalue weighted by atomic mass is 19.4. The van der Waals surface area contributed by atoms with Gasteiger partial charge in [0.05, 0.1) is 22.4 Å². The van der Waals surface area contributed by atoms with E-state index in [-0.39, 0.29) is 11.6 Å². The van der Waals surface area contributed by atoms with Gasteiger partial charge >= 0.3 is 6.18 Å². The fourth-order valence-corrected chi connectivity index (χ4v) is 5.58. The Hall–Kier alpha value is -2.26. The molecule has 2 aromatic rings. The molecule has 3 heterocycles. The summed E-state index contributed by atoms with van der Waals surface area (Å²) in [4.78, 5) is 17.5. The van der Waals surface area contributed by atoms with Gasteiger partial charge in [-0.15, -0.1) is 0 Å². The molecule has 2 aromatic heterocycles. The van der Waals surface area contributed by atoms with Gasteiger partial charge in [0.2, 0.25) is 5.91 Å². The van der Waals surface area contributed by atoms with E-state index in [1.807, 2.05) is 13.8 Å². The third-order valence-corrected chi connectivity index (χ3v) is 7.03. The van der Waals surface area contributed by atoms with E-state index in [9.17, 15) is 18.0 Å². The molecule has 10 heteroatoms. The lowest BCUT2D eigenvalue weighted by atomic mass is 9.32. The van der Waals surface area contributed by atoms with Crippen LogP contribution in [0.3, 0.4) is 0 Å². The van der Waals surface area contributed by atoms with Crippen LogP contribution >= 0.6 is 0 Å². The fourth-order valence-electron chi connectivity index (χ4n) is 5.58. The molecule has 5 nitrogen and oxygen atoms in total. The first-order valence-electron chi connectivity index (χ1n) is 9.35. The number of halogens is 5. The van der Waals surface area contributed by atoms with E-state index >= 15 is 8.78 Å². The van der Waals surface area contributed by atoms with Gasteiger partial charge in [0, 0.05) is 24.3 Å². The summed E-state index contributed by atoms with van der Waals surface area (Å²) in [7, 11) is 0. The summed E-state index contributed by atoms with van der Waals surface area (Å²) in [6.07, 6.45) is -5.08. The molecule has 3 aliphatic carbocycles. The number of nitrogens with zero attached hydrogens (tertiary/aromatic N) is 4. The van der Waals surface area contributed by atoms with Gasteiger partial charge in [0.15, 0.2) is 5.65 Å². The summed E-state index contributed by atoms with van der Waals surface area (Å²) in [5.41, 5.74) is -3.89. The van der Waals surface area contributed by atoms with E-state index in [0.29, 0.717) is 17.9 Å². The molecule has 6 rings (SSSR count).